The number of amides is 1. The van der Waals surface area contributed by atoms with Gasteiger partial charge in [0.2, 0.25) is 0 Å². The summed E-state index contributed by atoms with van der Waals surface area (Å²) in [6, 6.07) is 2.75. The lowest BCUT2D eigenvalue weighted by Gasteiger charge is -2.34. The highest BCUT2D eigenvalue weighted by molar-refractivity contribution is 7.91. The molecule has 2 aliphatic rings. The zero-order valence-corrected chi connectivity index (χ0v) is 12.6. The molecule has 1 N–H and O–H groups in total. The SMILES string of the molecule is O=C(N[C@H]1CS(=O)(=O)C[C@@H]1N1CCCCC1)c1ccco1. The van der Waals surface area contributed by atoms with Crippen LogP contribution >= 0.6 is 0 Å². The number of furan rings is 1. The molecule has 1 aromatic heterocycles. The van der Waals surface area contributed by atoms with Crippen LogP contribution in [0.25, 0.3) is 0 Å². The molecule has 2 fully saturated rings. The van der Waals surface area contributed by atoms with Crippen molar-refractivity contribution in [2.45, 2.75) is 31.3 Å². The van der Waals surface area contributed by atoms with Crippen molar-refractivity contribution >= 4 is 15.7 Å². The van der Waals surface area contributed by atoms with Gasteiger partial charge in [-0.25, -0.2) is 8.42 Å². The zero-order valence-electron chi connectivity index (χ0n) is 11.8. The quantitative estimate of drug-likeness (QED) is 0.887. The van der Waals surface area contributed by atoms with Gasteiger partial charge in [0.15, 0.2) is 15.6 Å². The van der Waals surface area contributed by atoms with E-state index < -0.39 is 9.84 Å². The topological polar surface area (TPSA) is 79.6 Å². The van der Waals surface area contributed by atoms with E-state index in [-0.39, 0.29) is 35.3 Å². The van der Waals surface area contributed by atoms with Gasteiger partial charge in [-0.1, -0.05) is 6.42 Å². The zero-order chi connectivity index (χ0) is 14.9. The smallest absolute Gasteiger partial charge is 0.287 e. The summed E-state index contributed by atoms with van der Waals surface area (Å²) in [6.07, 6.45) is 4.81. The Morgan fingerprint density at radius 3 is 2.67 bits per heavy atom. The van der Waals surface area contributed by atoms with Crippen LogP contribution in [0, 0.1) is 0 Å². The summed E-state index contributed by atoms with van der Waals surface area (Å²) in [6.45, 7) is 1.82. The van der Waals surface area contributed by atoms with E-state index in [1.165, 1.54) is 12.7 Å². The second kappa shape index (κ2) is 5.81. The fourth-order valence-electron chi connectivity index (χ4n) is 3.22. The van der Waals surface area contributed by atoms with Gasteiger partial charge >= 0.3 is 0 Å². The largest absolute Gasteiger partial charge is 0.459 e. The van der Waals surface area contributed by atoms with Crippen molar-refractivity contribution in [3.05, 3.63) is 24.2 Å². The van der Waals surface area contributed by atoms with Gasteiger partial charge in [-0.05, 0) is 38.1 Å². The summed E-state index contributed by atoms with van der Waals surface area (Å²) >= 11 is 0. The Bertz CT molecular complexity index is 591. The van der Waals surface area contributed by atoms with Crippen molar-refractivity contribution in [2.24, 2.45) is 0 Å². The summed E-state index contributed by atoms with van der Waals surface area (Å²) in [4.78, 5) is 14.3. The summed E-state index contributed by atoms with van der Waals surface area (Å²) in [5, 5.41) is 2.83. The molecule has 21 heavy (non-hydrogen) atoms. The molecule has 2 saturated heterocycles. The second-order valence-electron chi connectivity index (χ2n) is 5.80. The number of carbonyl (C=O) groups is 1. The maximum Gasteiger partial charge on any atom is 0.287 e. The van der Waals surface area contributed by atoms with Crippen molar-refractivity contribution < 1.29 is 17.6 Å². The van der Waals surface area contributed by atoms with Crippen LogP contribution in [0.4, 0.5) is 0 Å². The van der Waals surface area contributed by atoms with Crippen molar-refractivity contribution in [3.8, 4) is 0 Å². The molecule has 1 aromatic rings. The third-order valence-corrected chi connectivity index (χ3v) is 5.96. The van der Waals surface area contributed by atoms with Gasteiger partial charge < -0.3 is 9.73 Å². The van der Waals surface area contributed by atoms with Crippen LogP contribution in [0.2, 0.25) is 0 Å². The maximum absolute atomic E-state index is 12.1. The van der Waals surface area contributed by atoms with Crippen molar-refractivity contribution in [3.63, 3.8) is 0 Å². The number of hydrogen-bond acceptors (Lipinski definition) is 5. The first-order valence-electron chi connectivity index (χ1n) is 7.34. The number of rotatable bonds is 3. The van der Waals surface area contributed by atoms with E-state index in [1.54, 1.807) is 12.1 Å². The minimum absolute atomic E-state index is 0.0145. The Balaban J connectivity index is 1.73. The van der Waals surface area contributed by atoms with E-state index in [4.69, 9.17) is 4.42 Å². The highest BCUT2D eigenvalue weighted by Gasteiger charge is 2.42. The lowest BCUT2D eigenvalue weighted by molar-refractivity contribution is 0.0872. The normalized spacial score (nSPS) is 29.3. The molecule has 7 heteroatoms. The summed E-state index contributed by atoms with van der Waals surface area (Å²) < 4.78 is 29.0. The van der Waals surface area contributed by atoms with Crippen LogP contribution in [-0.2, 0) is 9.84 Å². The van der Waals surface area contributed by atoms with Gasteiger partial charge in [-0.3, -0.25) is 9.69 Å². The standard InChI is InChI=1S/C14H20N2O4S/c17-14(13-5-4-8-20-13)15-11-9-21(18,19)10-12(11)16-6-2-1-3-7-16/h4-5,8,11-12H,1-3,6-7,9-10H2,(H,15,17)/t11-,12-/m0/s1. The minimum atomic E-state index is -3.10. The highest BCUT2D eigenvalue weighted by atomic mass is 32.2. The van der Waals surface area contributed by atoms with Crippen molar-refractivity contribution in [2.75, 3.05) is 24.6 Å². The number of carbonyl (C=O) groups excluding carboxylic acids is 1. The van der Waals surface area contributed by atoms with Gasteiger partial charge in [-0.2, -0.15) is 0 Å². The van der Waals surface area contributed by atoms with E-state index in [2.05, 4.69) is 10.2 Å². The van der Waals surface area contributed by atoms with Crippen LogP contribution in [-0.4, -0.2) is 55.9 Å². The second-order valence-corrected chi connectivity index (χ2v) is 7.95. The molecule has 0 spiro atoms. The minimum Gasteiger partial charge on any atom is -0.459 e. The van der Waals surface area contributed by atoms with Crippen LogP contribution in [0.15, 0.2) is 22.8 Å². The monoisotopic (exact) mass is 312 g/mol. The Morgan fingerprint density at radius 2 is 2.00 bits per heavy atom. The molecule has 0 aliphatic carbocycles. The van der Waals surface area contributed by atoms with Crippen LogP contribution < -0.4 is 5.32 Å². The lowest BCUT2D eigenvalue weighted by atomic mass is 10.0. The Kier molecular flexibility index (Phi) is 4.03. The van der Waals surface area contributed by atoms with Crippen LogP contribution in [0.3, 0.4) is 0 Å². The van der Waals surface area contributed by atoms with Gasteiger partial charge in [0.25, 0.3) is 5.91 Å². The van der Waals surface area contributed by atoms with Gasteiger partial charge in [-0.15, -0.1) is 0 Å². The molecule has 2 aliphatic heterocycles. The number of nitrogens with zero attached hydrogens (tertiary/aromatic N) is 1. The van der Waals surface area contributed by atoms with E-state index >= 15 is 0 Å². The molecule has 0 saturated carbocycles. The fourth-order valence-corrected chi connectivity index (χ4v) is 5.18. The maximum atomic E-state index is 12.1. The fraction of sp³-hybridized carbons (Fsp3) is 0.643. The summed E-state index contributed by atoms with van der Waals surface area (Å²) in [7, 11) is -3.10. The molecule has 3 rings (SSSR count). The number of nitrogens with one attached hydrogen (secondary N) is 1. The Hall–Kier alpha value is -1.34. The molecule has 2 atom stereocenters. The van der Waals surface area contributed by atoms with E-state index in [0.717, 1.165) is 25.9 Å². The first-order valence-corrected chi connectivity index (χ1v) is 9.16. The number of likely N-dealkylation sites (tertiary alicyclic amines) is 1. The molecule has 0 aromatic carbocycles. The number of hydrogen-bond donors (Lipinski definition) is 1. The lowest BCUT2D eigenvalue weighted by Crippen LogP contribution is -2.52. The highest BCUT2D eigenvalue weighted by Crippen LogP contribution is 2.22. The molecule has 116 valence electrons. The van der Waals surface area contributed by atoms with Crippen molar-refractivity contribution in [1.82, 2.24) is 10.2 Å². The average molecular weight is 312 g/mol. The molecule has 0 radical (unpaired) electrons. The van der Waals surface area contributed by atoms with Gasteiger partial charge in [0.05, 0.1) is 23.8 Å². The first-order chi connectivity index (χ1) is 10.1. The van der Waals surface area contributed by atoms with Gasteiger partial charge in [0.1, 0.15) is 0 Å². The average Bonchev–Trinajstić information content (AvgIpc) is 3.07. The predicted octanol–water partition coefficient (Wildman–Crippen LogP) is 0.661. The molecule has 0 bridgehead atoms. The van der Waals surface area contributed by atoms with Crippen molar-refractivity contribution in [1.29, 1.82) is 0 Å². The third kappa shape index (κ3) is 3.29. The Labute approximate surface area is 124 Å². The van der Waals surface area contributed by atoms with E-state index in [9.17, 15) is 13.2 Å². The molecular formula is C14H20N2O4S. The Morgan fingerprint density at radius 1 is 1.24 bits per heavy atom. The first kappa shape index (κ1) is 14.6. The molecule has 3 heterocycles. The molecule has 6 nitrogen and oxygen atoms in total. The number of sulfone groups is 1. The third-order valence-electron chi connectivity index (χ3n) is 4.24. The summed E-state index contributed by atoms with van der Waals surface area (Å²) in [5.41, 5.74) is 0. The molecule has 0 unspecified atom stereocenters. The van der Waals surface area contributed by atoms with Gasteiger partial charge in [0, 0.05) is 6.04 Å². The van der Waals surface area contributed by atoms with Crippen LogP contribution in [0.5, 0.6) is 0 Å². The van der Waals surface area contributed by atoms with E-state index in [0.29, 0.717) is 0 Å². The van der Waals surface area contributed by atoms with Crippen LogP contribution in [0.1, 0.15) is 29.8 Å². The summed E-state index contributed by atoms with van der Waals surface area (Å²) in [5.74, 6) is 0.0253. The predicted molar refractivity (Wildman–Crippen MR) is 77.8 cm³/mol. The molecular weight excluding hydrogens is 292 g/mol. The van der Waals surface area contributed by atoms with E-state index in [1.807, 2.05) is 0 Å². The number of piperidine rings is 1. The molecule has 1 amide bonds.